The first-order chi connectivity index (χ1) is 12.4. The molecule has 9 nitrogen and oxygen atoms in total. The number of ether oxygens (including phenoxy) is 1. The third-order valence-electron chi connectivity index (χ3n) is 4.25. The predicted molar refractivity (Wildman–Crippen MR) is 94.8 cm³/mol. The fourth-order valence-corrected chi connectivity index (χ4v) is 3.12. The van der Waals surface area contributed by atoms with Crippen molar-refractivity contribution in [1.82, 2.24) is 19.8 Å². The van der Waals surface area contributed by atoms with Gasteiger partial charge in [-0.05, 0) is 11.1 Å². The third kappa shape index (κ3) is 3.49. The molecule has 0 radical (unpaired) electrons. The molecule has 138 valence electrons. The maximum absolute atomic E-state index is 12.6. The molecule has 3 N–H and O–H groups in total. The number of nitrogens with two attached hydrogens (primary N) is 1. The number of aromatic amines is 1. The number of carbonyl (C=O) groups is 2. The Morgan fingerprint density at radius 3 is 2.50 bits per heavy atom. The molecule has 26 heavy (non-hydrogen) atoms. The summed E-state index contributed by atoms with van der Waals surface area (Å²) < 4.78 is 4.88. The van der Waals surface area contributed by atoms with Gasteiger partial charge in [0.1, 0.15) is 5.82 Å². The van der Waals surface area contributed by atoms with Crippen LogP contribution in [0.2, 0.25) is 5.15 Å². The van der Waals surface area contributed by atoms with Crippen molar-refractivity contribution in [3.8, 4) is 0 Å². The summed E-state index contributed by atoms with van der Waals surface area (Å²) in [6, 6.07) is 0. The van der Waals surface area contributed by atoms with Crippen molar-refractivity contribution in [3.05, 3.63) is 44.5 Å². The van der Waals surface area contributed by atoms with Crippen molar-refractivity contribution in [2.75, 3.05) is 45.6 Å². The maximum atomic E-state index is 12.6. The lowest BCUT2D eigenvalue weighted by molar-refractivity contribution is -0.124. The Labute approximate surface area is 154 Å². The summed E-state index contributed by atoms with van der Waals surface area (Å²) in [6.45, 7) is 2.11. The van der Waals surface area contributed by atoms with E-state index in [1.807, 2.05) is 0 Å². The number of rotatable bonds is 4. The summed E-state index contributed by atoms with van der Waals surface area (Å²) in [5.41, 5.74) is 7.03. The van der Waals surface area contributed by atoms with Crippen molar-refractivity contribution in [2.24, 2.45) is 0 Å². The summed E-state index contributed by atoms with van der Waals surface area (Å²) in [4.78, 5) is 45.5. The molecule has 2 aliphatic rings. The summed E-state index contributed by atoms with van der Waals surface area (Å²) in [6.07, 6.45) is 3.15. The Bertz CT molecular complexity index is 858. The third-order valence-corrected chi connectivity index (χ3v) is 4.51. The van der Waals surface area contributed by atoms with Gasteiger partial charge in [-0.3, -0.25) is 14.4 Å². The molecule has 0 atom stereocenters. The number of nitrogen functional groups attached to an aromatic ring is 1. The molecule has 0 fully saturated rings. The topological polar surface area (TPSA) is 122 Å². The number of nitrogens with one attached hydrogen (secondary N) is 1. The van der Waals surface area contributed by atoms with Crippen LogP contribution >= 0.6 is 11.6 Å². The molecule has 0 unspecified atom stereocenters. The number of anilines is 1. The van der Waals surface area contributed by atoms with E-state index in [0.717, 1.165) is 11.1 Å². The predicted octanol–water partition coefficient (Wildman–Crippen LogP) is -0.197. The number of nitrogens with zero attached hydrogens (tertiary/aromatic N) is 3. The highest BCUT2D eigenvalue weighted by Crippen LogP contribution is 2.27. The fourth-order valence-electron chi connectivity index (χ4n) is 2.99. The van der Waals surface area contributed by atoms with Crippen LogP contribution in [0.4, 0.5) is 5.82 Å². The molecule has 0 saturated heterocycles. The maximum Gasteiger partial charge on any atom is 0.287 e. The number of H-pyrrole nitrogens is 1. The minimum Gasteiger partial charge on any atom is -0.383 e. The number of hydrogen-bond donors (Lipinski definition) is 2. The number of amides is 2. The smallest absolute Gasteiger partial charge is 0.287 e. The van der Waals surface area contributed by atoms with Gasteiger partial charge in [0.25, 0.3) is 11.5 Å². The van der Waals surface area contributed by atoms with Gasteiger partial charge in [0.05, 0.1) is 6.61 Å². The zero-order valence-corrected chi connectivity index (χ0v) is 14.9. The van der Waals surface area contributed by atoms with Gasteiger partial charge < -0.3 is 25.3 Å². The van der Waals surface area contributed by atoms with Crippen LogP contribution in [0.3, 0.4) is 0 Å². The second-order valence-corrected chi connectivity index (χ2v) is 6.40. The highest BCUT2D eigenvalue weighted by Gasteiger charge is 2.34. The van der Waals surface area contributed by atoms with Crippen molar-refractivity contribution in [2.45, 2.75) is 0 Å². The molecule has 0 aromatic carbocycles. The molecule has 1 aromatic rings. The molecule has 10 heteroatoms. The first kappa shape index (κ1) is 18.2. The lowest BCUT2D eigenvalue weighted by Gasteiger charge is -2.22. The van der Waals surface area contributed by atoms with E-state index >= 15 is 0 Å². The van der Waals surface area contributed by atoms with E-state index < -0.39 is 11.5 Å². The molecule has 0 spiro atoms. The zero-order valence-electron chi connectivity index (χ0n) is 14.1. The summed E-state index contributed by atoms with van der Waals surface area (Å²) in [7, 11) is 1.56. The van der Waals surface area contributed by atoms with E-state index in [1.165, 1.54) is 6.08 Å². The van der Waals surface area contributed by atoms with Crippen molar-refractivity contribution in [1.29, 1.82) is 0 Å². The molecule has 0 saturated carbocycles. The van der Waals surface area contributed by atoms with Crippen molar-refractivity contribution >= 4 is 29.2 Å². The standard InChI is InChI=1S/C16H18ClN5O4/c1-26-4-2-3-11(23)21-5-9-7-22(8-10(9)6-21)16(25)12-14(18)20-15(24)13(17)19-12/h2-3H,4-8H2,1H3,(H3,18,20,24)/b3-2+. The summed E-state index contributed by atoms with van der Waals surface area (Å²) >= 11 is 5.69. The van der Waals surface area contributed by atoms with Crippen LogP contribution in [0.5, 0.6) is 0 Å². The van der Waals surface area contributed by atoms with Gasteiger partial charge >= 0.3 is 0 Å². The molecule has 2 aliphatic heterocycles. The van der Waals surface area contributed by atoms with Crippen LogP contribution in [-0.4, -0.2) is 71.5 Å². The highest BCUT2D eigenvalue weighted by atomic mass is 35.5. The Morgan fingerprint density at radius 1 is 1.27 bits per heavy atom. The highest BCUT2D eigenvalue weighted by molar-refractivity contribution is 6.29. The van der Waals surface area contributed by atoms with Gasteiger partial charge in [0, 0.05) is 39.4 Å². The average Bonchev–Trinajstić information content (AvgIpc) is 3.16. The Hall–Kier alpha value is -2.65. The van der Waals surface area contributed by atoms with Gasteiger partial charge in [0.15, 0.2) is 10.8 Å². The average molecular weight is 380 g/mol. The molecule has 0 aliphatic carbocycles. The van der Waals surface area contributed by atoms with Gasteiger partial charge in [-0.2, -0.15) is 0 Å². The lowest BCUT2D eigenvalue weighted by atomic mass is 10.2. The lowest BCUT2D eigenvalue weighted by Crippen LogP contribution is -2.37. The van der Waals surface area contributed by atoms with E-state index in [1.54, 1.807) is 23.0 Å². The molecular weight excluding hydrogens is 362 g/mol. The Morgan fingerprint density at radius 2 is 1.88 bits per heavy atom. The molecule has 1 aromatic heterocycles. The molecule has 3 heterocycles. The van der Waals surface area contributed by atoms with E-state index in [-0.39, 0.29) is 22.6 Å². The first-order valence-electron chi connectivity index (χ1n) is 7.89. The quantitative estimate of drug-likeness (QED) is 0.552. The Balaban J connectivity index is 1.64. The minimum atomic E-state index is -0.640. The van der Waals surface area contributed by atoms with Crippen LogP contribution in [0.1, 0.15) is 10.5 Å². The van der Waals surface area contributed by atoms with E-state index in [2.05, 4.69) is 9.97 Å². The number of carbonyl (C=O) groups excluding carboxylic acids is 2. The largest absolute Gasteiger partial charge is 0.383 e. The molecule has 2 amide bonds. The minimum absolute atomic E-state index is 0.0776. The number of methoxy groups -OCH3 is 1. The van der Waals surface area contributed by atoms with Crippen molar-refractivity contribution < 1.29 is 14.3 Å². The van der Waals surface area contributed by atoms with E-state index in [0.29, 0.717) is 32.8 Å². The normalized spacial score (nSPS) is 16.7. The van der Waals surface area contributed by atoms with Gasteiger partial charge in [-0.15, -0.1) is 0 Å². The number of halogens is 1. The number of hydrogen-bond acceptors (Lipinski definition) is 6. The molecule has 3 rings (SSSR count). The van der Waals surface area contributed by atoms with Gasteiger partial charge in [-0.1, -0.05) is 17.7 Å². The summed E-state index contributed by atoms with van der Waals surface area (Å²) in [5, 5.41) is -0.332. The monoisotopic (exact) mass is 379 g/mol. The molecule has 0 bridgehead atoms. The zero-order chi connectivity index (χ0) is 18.8. The second kappa shape index (κ2) is 7.30. The van der Waals surface area contributed by atoms with Gasteiger partial charge in [0.2, 0.25) is 5.91 Å². The SMILES string of the molecule is COC/C=C/C(=O)N1CC2=C(C1)CN(C(=O)c1nc(Cl)c(=O)[nH]c1N)C2. The second-order valence-electron chi connectivity index (χ2n) is 6.04. The van der Waals surface area contributed by atoms with Crippen LogP contribution < -0.4 is 11.3 Å². The first-order valence-corrected chi connectivity index (χ1v) is 8.27. The van der Waals surface area contributed by atoms with Gasteiger partial charge in [-0.25, -0.2) is 4.98 Å². The van der Waals surface area contributed by atoms with E-state index in [4.69, 9.17) is 22.1 Å². The van der Waals surface area contributed by atoms with E-state index in [9.17, 15) is 14.4 Å². The van der Waals surface area contributed by atoms with Crippen LogP contribution in [-0.2, 0) is 9.53 Å². The Kier molecular flexibility index (Phi) is 5.10. The molecular formula is C16H18ClN5O4. The van der Waals surface area contributed by atoms with Crippen LogP contribution in [0.15, 0.2) is 28.1 Å². The fraction of sp³-hybridized carbons (Fsp3) is 0.375. The van der Waals surface area contributed by atoms with Crippen LogP contribution in [0, 0.1) is 0 Å². The number of aromatic nitrogens is 2. The van der Waals surface area contributed by atoms with Crippen molar-refractivity contribution in [3.63, 3.8) is 0 Å². The van der Waals surface area contributed by atoms with Crippen LogP contribution in [0.25, 0.3) is 0 Å². The summed E-state index contributed by atoms with van der Waals surface area (Å²) in [5.74, 6) is -0.614.